The molecule has 1 aliphatic carbocycles. The van der Waals surface area contributed by atoms with E-state index in [0.29, 0.717) is 5.92 Å². The predicted molar refractivity (Wildman–Crippen MR) is 67.8 cm³/mol. The average molecular weight is 228 g/mol. The van der Waals surface area contributed by atoms with Crippen LogP contribution in [0.1, 0.15) is 35.6 Å². The minimum atomic E-state index is 0.0388. The first-order valence-corrected chi connectivity index (χ1v) is 6.04. The van der Waals surface area contributed by atoms with Gasteiger partial charge >= 0.3 is 0 Å². The number of aromatic amines is 1. The van der Waals surface area contributed by atoms with Gasteiger partial charge in [-0.3, -0.25) is 9.89 Å². The zero-order valence-electron chi connectivity index (χ0n) is 10.2. The molecule has 0 bridgehead atoms. The highest BCUT2D eigenvalue weighted by molar-refractivity contribution is 5.39. The summed E-state index contributed by atoms with van der Waals surface area (Å²) in [6.07, 6.45) is 2.40. The van der Waals surface area contributed by atoms with Crippen LogP contribution in [0.5, 0.6) is 0 Å². The molecule has 1 aromatic heterocycles. The molecule has 17 heavy (non-hydrogen) atoms. The average Bonchev–Trinajstić information content (AvgIpc) is 3.01. The van der Waals surface area contributed by atoms with Crippen molar-refractivity contribution in [2.45, 2.75) is 32.6 Å². The van der Waals surface area contributed by atoms with Crippen LogP contribution in [0.3, 0.4) is 0 Å². The van der Waals surface area contributed by atoms with Crippen molar-refractivity contribution in [3.8, 4) is 5.69 Å². The van der Waals surface area contributed by atoms with E-state index in [1.807, 2.05) is 26.0 Å². The summed E-state index contributed by atoms with van der Waals surface area (Å²) in [6.45, 7) is 4.10. The molecule has 3 rings (SSSR count). The summed E-state index contributed by atoms with van der Waals surface area (Å²) in [4.78, 5) is 11.9. The summed E-state index contributed by atoms with van der Waals surface area (Å²) >= 11 is 0. The normalized spacial score (nSPS) is 15.2. The van der Waals surface area contributed by atoms with Gasteiger partial charge in [-0.05, 0) is 49.9 Å². The molecular formula is C14H16N2O. The van der Waals surface area contributed by atoms with Crippen molar-refractivity contribution in [3.05, 3.63) is 51.4 Å². The van der Waals surface area contributed by atoms with E-state index in [1.54, 1.807) is 10.7 Å². The van der Waals surface area contributed by atoms with Gasteiger partial charge in [-0.15, -0.1) is 0 Å². The fourth-order valence-electron chi connectivity index (χ4n) is 2.29. The van der Waals surface area contributed by atoms with E-state index in [9.17, 15) is 4.79 Å². The Labute approximate surface area is 100 Å². The van der Waals surface area contributed by atoms with Crippen LogP contribution in [0.25, 0.3) is 5.69 Å². The number of rotatable bonds is 2. The third-order valence-corrected chi connectivity index (χ3v) is 3.22. The molecule has 1 saturated carbocycles. The van der Waals surface area contributed by atoms with Crippen LogP contribution in [0.4, 0.5) is 0 Å². The Kier molecular flexibility index (Phi) is 2.21. The number of nitrogens with zero attached hydrogens (tertiary/aromatic N) is 1. The van der Waals surface area contributed by atoms with Gasteiger partial charge in [0.05, 0.1) is 5.69 Å². The minimum absolute atomic E-state index is 0.0388. The molecule has 3 heteroatoms. The highest BCUT2D eigenvalue weighted by Crippen LogP contribution is 2.38. The molecular weight excluding hydrogens is 212 g/mol. The van der Waals surface area contributed by atoms with Crippen LogP contribution < -0.4 is 5.56 Å². The second-order valence-corrected chi connectivity index (χ2v) is 5.01. The topological polar surface area (TPSA) is 37.8 Å². The summed E-state index contributed by atoms with van der Waals surface area (Å²) < 4.78 is 1.65. The molecule has 0 unspecified atom stereocenters. The van der Waals surface area contributed by atoms with Crippen molar-refractivity contribution in [1.82, 2.24) is 9.78 Å². The highest BCUT2D eigenvalue weighted by Gasteiger charge is 2.26. The van der Waals surface area contributed by atoms with E-state index in [0.717, 1.165) is 11.4 Å². The Balaban J connectivity index is 2.10. The van der Waals surface area contributed by atoms with Crippen molar-refractivity contribution in [3.63, 3.8) is 0 Å². The van der Waals surface area contributed by atoms with Crippen molar-refractivity contribution < 1.29 is 0 Å². The van der Waals surface area contributed by atoms with Crippen LogP contribution in [0, 0.1) is 13.8 Å². The minimum Gasteiger partial charge on any atom is -0.295 e. The van der Waals surface area contributed by atoms with Crippen LogP contribution >= 0.6 is 0 Å². The maximum absolute atomic E-state index is 11.9. The van der Waals surface area contributed by atoms with Crippen LogP contribution in [0.15, 0.2) is 29.1 Å². The third-order valence-electron chi connectivity index (χ3n) is 3.22. The van der Waals surface area contributed by atoms with Crippen LogP contribution in [-0.2, 0) is 0 Å². The van der Waals surface area contributed by atoms with Gasteiger partial charge in [0.25, 0.3) is 5.56 Å². The van der Waals surface area contributed by atoms with Crippen molar-refractivity contribution in [1.29, 1.82) is 0 Å². The summed E-state index contributed by atoms with van der Waals surface area (Å²) in [7, 11) is 0. The van der Waals surface area contributed by atoms with E-state index in [4.69, 9.17) is 0 Å². The molecule has 0 atom stereocenters. The Hall–Kier alpha value is -1.77. The molecule has 2 aromatic rings. The molecule has 88 valence electrons. The summed E-state index contributed by atoms with van der Waals surface area (Å²) in [5.74, 6) is 0.579. The van der Waals surface area contributed by atoms with Crippen molar-refractivity contribution in [2.24, 2.45) is 0 Å². The van der Waals surface area contributed by atoms with Crippen molar-refractivity contribution in [2.75, 3.05) is 0 Å². The number of aryl methyl sites for hydroxylation is 2. The number of hydrogen-bond donors (Lipinski definition) is 1. The first-order chi connectivity index (χ1) is 8.13. The molecule has 0 amide bonds. The molecule has 1 N–H and O–H groups in total. The van der Waals surface area contributed by atoms with Crippen LogP contribution in [0.2, 0.25) is 0 Å². The largest absolute Gasteiger partial charge is 0.295 e. The molecule has 1 aliphatic rings. The molecule has 0 spiro atoms. The Morgan fingerprint density at radius 3 is 2.35 bits per heavy atom. The molecule has 0 aliphatic heterocycles. The number of hydrogen-bond acceptors (Lipinski definition) is 1. The first kappa shape index (κ1) is 10.4. The Bertz CT molecular complexity index is 597. The maximum Gasteiger partial charge on any atom is 0.271 e. The fourth-order valence-corrected chi connectivity index (χ4v) is 2.29. The van der Waals surface area contributed by atoms with Crippen LogP contribution in [-0.4, -0.2) is 9.78 Å². The van der Waals surface area contributed by atoms with Gasteiger partial charge in [0.1, 0.15) is 0 Å². The molecule has 3 nitrogen and oxygen atoms in total. The number of H-pyrrole nitrogens is 1. The van der Waals surface area contributed by atoms with E-state index >= 15 is 0 Å². The zero-order valence-corrected chi connectivity index (χ0v) is 10.2. The van der Waals surface area contributed by atoms with E-state index in [1.165, 1.54) is 24.0 Å². The predicted octanol–water partition coefficient (Wildman–Crippen LogP) is 2.66. The Morgan fingerprint density at radius 1 is 1.12 bits per heavy atom. The summed E-state index contributed by atoms with van der Waals surface area (Å²) in [6, 6.07) is 7.90. The van der Waals surface area contributed by atoms with Crippen molar-refractivity contribution >= 4 is 0 Å². The van der Waals surface area contributed by atoms with Gasteiger partial charge in [-0.25, -0.2) is 4.68 Å². The zero-order chi connectivity index (χ0) is 12.0. The Morgan fingerprint density at radius 2 is 1.76 bits per heavy atom. The second kappa shape index (κ2) is 3.62. The fraction of sp³-hybridized carbons (Fsp3) is 0.357. The second-order valence-electron chi connectivity index (χ2n) is 5.01. The van der Waals surface area contributed by atoms with E-state index in [2.05, 4.69) is 11.2 Å². The highest BCUT2D eigenvalue weighted by atomic mass is 16.1. The summed E-state index contributed by atoms with van der Waals surface area (Å²) in [5, 5.41) is 3.22. The monoisotopic (exact) mass is 228 g/mol. The molecule has 0 saturated heterocycles. The van der Waals surface area contributed by atoms with Gasteiger partial charge < -0.3 is 0 Å². The SMILES string of the molecule is Cc1cc(C)cc(-n2[nH]c(C3CC3)cc2=O)c1. The quantitative estimate of drug-likeness (QED) is 0.843. The standard InChI is InChI=1S/C14H16N2O/c1-9-5-10(2)7-12(6-9)16-14(17)8-13(15-16)11-3-4-11/h5-8,11,15H,3-4H2,1-2H3. The molecule has 1 heterocycles. The smallest absolute Gasteiger partial charge is 0.271 e. The maximum atomic E-state index is 11.9. The van der Waals surface area contributed by atoms with Gasteiger partial charge in [-0.1, -0.05) is 6.07 Å². The first-order valence-electron chi connectivity index (χ1n) is 6.04. The van der Waals surface area contributed by atoms with E-state index in [-0.39, 0.29) is 5.56 Å². The van der Waals surface area contributed by atoms with Gasteiger partial charge in [-0.2, -0.15) is 0 Å². The lowest BCUT2D eigenvalue weighted by atomic mass is 10.1. The molecule has 1 aromatic carbocycles. The lowest BCUT2D eigenvalue weighted by molar-refractivity contribution is 0.814. The lowest BCUT2D eigenvalue weighted by Crippen LogP contribution is -2.13. The lowest BCUT2D eigenvalue weighted by Gasteiger charge is -2.05. The molecule has 0 radical (unpaired) electrons. The van der Waals surface area contributed by atoms with Gasteiger partial charge in [0, 0.05) is 17.7 Å². The van der Waals surface area contributed by atoms with Gasteiger partial charge in [0.2, 0.25) is 0 Å². The van der Waals surface area contributed by atoms with Gasteiger partial charge in [0.15, 0.2) is 0 Å². The molecule has 1 fully saturated rings. The number of aromatic nitrogens is 2. The number of nitrogens with one attached hydrogen (secondary N) is 1. The number of benzene rings is 1. The third kappa shape index (κ3) is 1.93. The van der Waals surface area contributed by atoms with E-state index < -0.39 is 0 Å². The summed E-state index contributed by atoms with van der Waals surface area (Å²) in [5.41, 5.74) is 4.40.